The van der Waals surface area contributed by atoms with Gasteiger partial charge in [-0.2, -0.15) is 0 Å². The lowest BCUT2D eigenvalue weighted by molar-refractivity contribution is 0.279. The summed E-state index contributed by atoms with van der Waals surface area (Å²) < 4.78 is 0.868. The summed E-state index contributed by atoms with van der Waals surface area (Å²) in [6.45, 7) is 3.29. The van der Waals surface area contributed by atoms with Crippen molar-refractivity contribution in [1.29, 1.82) is 0 Å². The van der Waals surface area contributed by atoms with Gasteiger partial charge >= 0.3 is 0 Å². The van der Waals surface area contributed by atoms with Gasteiger partial charge in [-0.1, -0.05) is 6.08 Å². The van der Waals surface area contributed by atoms with Crippen LogP contribution in [0.4, 0.5) is 0 Å². The Balaban J connectivity index is 2.24. The van der Waals surface area contributed by atoms with Gasteiger partial charge < -0.3 is 4.98 Å². The minimum absolute atomic E-state index is 0.622. The summed E-state index contributed by atoms with van der Waals surface area (Å²) in [4.78, 5) is 5.58. The molecule has 1 aliphatic rings. The molecular weight excluding hydrogens is 212 g/mol. The van der Waals surface area contributed by atoms with Crippen molar-refractivity contribution in [2.24, 2.45) is 0 Å². The van der Waals surface area contributed by atoms with E-state index in [0.717, 1.165) is 16.9 Å². The minimum atomic E-state index is 0.622. The molecule has 4 heteroatoms. The van der Waals surface area contributed by atoms with Gasteiger partial charge in [0.15, 0.2) is 3.95 Å². The zero-order valence-corrected chi connectivity index (χ0v) is 10.0. The van der Waals surface area contributed by atoms with E-state index < -0.39 is 0 Å². The minimum Gasteiger partial charge on any atom is -0.337 e. The molecule has 14 heavy (non-hydrogen) atoms. The fourth-order valence-electron chi connectivity index (χ4n) is 1.65. The van der Waals surface area contributed by atoms with Crippen LogP contribution >= 0.6 is 23.6 Å². The molecule has 2 nitrogen and oxygen atoms in total. The van der Waals surface area contributed by atoms with Crippen LogP contribution in [0.2, 0.25) is 0 Å². The van der Waals surface area contributed by atoms with E-state index in [2.05, 4.69) is 35.3 Å². The van der Waals surface area contributed by atoms with Crippen LogP contribution < -0.4 is 0 Å². The van der Waals surface area contributed by atoms with Crippen molar-refractivity contribution in [1.82, 2.24) is 9.88 Å². The Morgan fingerprint density at radius 3 is 3.00 bits per heavy atom. The van der Waals surface area contributed by atoms with Gasteiger partial charge in [0.1, 0.15) is 0 Å². The largest absolute Gasteiger partial charge is 0.337 e. The number of H-pyrrole nitrogens is 1. The number of aromatic nitrogens is 1. The maximum absolute atomic E-state index is 5.08. The second-order valence-electron chi connectivity index (χ2n) is 3.78. The second kappa shape index (κ2) is 3.96. The molecule has 0 fully saturated rings. The average Bonchev–Trinajstić information content (AvgIpc) is 2.57. The van der Waals surface area contributed by atoms with Crippen molar-refractivity contribution in [3.05, 3.63) is 21.1 Å². The van der Waals surface area contributed by atoms with Gasteiger partial charge in [-0.25, -0.2) is 0 Å². The molecule has 0 spiro atoms. The van der Waals surface area contributed by atoms with E-state index in [9.17, 15) is 0 Å². The molecule has 1 aromatic heterocycles. The van der Waals surface area contributed by atoms with E-state index >= 15 is 0 Å². The number of rotatable bonds is 1. The summed E-state index contributed by atoms with van der Waals surface area (Å²) in [6.07, 6.45) is 3.39. The molecule has 2 rings (SSSR count). The molecule has 2 heterocycles. The zero-order chi connectivity index (χ0) is 10.1. The third-order valence-electron chi connectivity index (χ3n) is 2.76. The van der Waals surface area contributed by atoms with Crippen molar-refractivity contribution in [2.75, 3.05) is 13.6 Å². The van der Waals surface area contributed by atoms with Crippen molar-refractivity contribution in [3.63, 3.8) is 0 Å². The maximum atomic E-state index is 5.08. The topological polar surface area (TPSA) is 19.0 Å². The van der Waals surface area contributed by atoms with Crippen LogP contribution in [0.25, 0.3) is 5.57 Å². The lowest BCUT2D eigenvalue weighted by atomic mass is 10.00. The molecule has 1 aliphatic heterocycles. The van der Waals surface area contributed by atoms with E-state index in [4.69, 9.17) is 12.2 Å². The number of nitrogens with one attached hydrogen (secondary N) is 1. The molecule has 1 aromatic rings. The SMILES string of the molecule is C[C@H]1CC(c2csc(=S)[nH]2)=CCN1C. The Morgan fingerprint density at radius 2 is 2.43 bits per heavy atom. The highest BCUT2D eigenvalue weighted by atomic mass is 32.1. The first-order valence-corrected chi connectivity index (χ1v) is 6.03. The van der Waals surface area contributed by atoms with Gasteiger partial charge in [-0.15, -0.1) is 11.3 Å². The predicted octanol–water partition coefficient (Wildman–Crippen LogP) is 2.91. The van der Waals surface area contributed by atoms with Crippen LogP contribution in [0.15, 0.2) is 11.5 Å². The number of aromatic amines is 1. The van der Waals surface area contributed by atoms with Crippen molar-refractivity contribution >= 4 is 29.1 Å². The molecule has 0 amide bonds. The maximum Gasteiger partial charge on any atom is 0.158 e. The smallest absolute Gasteiger partial charge is 0.158 e. The first-order valence-electron chi connectivity index (χ1n) is 4.74. The lowest BCUT2D eigenvalue weighted by Crippen LogP contribution is -2.32. The second-order valence-corrected chi connectivity index (χ2v) is 5.33. The summed E-state index contributed by atoms with van der Waals surface area (Å²) in [5, 5.41) is 2.12. The number of nitrogens with zero attached hydrogens (tertiary/aromatic N) is 1. The van der Waals surface area contributed by atoms with Gasteiger partial charge in [-0.3, -0.25) is 4.90 Å². The molecule has 0 saturated carbocycles. The molecular formula is C10H14N2S2. The third-order valence-corrected chi connectivity index (χ3v) is 3.82. The summed E-state index contributed by atoms with van der Waals surface area (Å²) in [7, 11) is 2.16. The van der Waals surface area contributed by atoms with Crippen molar-refractivity contribution < 1.29 is 0 Å². The normalized spacial score (nSPS) is 23.6. The quantitative estimate of drug-likeness (QED) is 0.743. The molecule has 0 aromatic carbocycles. The summed E-state index contributed by atoms with van der Waals surface area (Å²) in [5.74, 6) is 0. The van der Waals surface area contributed by atoms with Gasteiger partial charge in [0.25, 0.3) is 0 Å². The highest BCUT2D eigenvalue weighted by molar-refractivity contribution is 7.73. The van der Waals surface area contributed by atoms with Crippen LogP contribution in [0.1, 0.15) is 19.0 Å². The number of hydrogen-bond donors (Lipinski definition) is 1. The number of likely N-dealkylation sites (N-methyl/N-ethyl adjacent to an activating group) is 1. The average molecular weight is 226 g/mol. The van der Waals surface area contributed by atoms with E-state index in [-0.39, 0.29) is 0 Å². The fraction of sp³-hybridized carbons (Fsp3) is 0.500. The Hall–Kier alpha value is -0.450. The molecule has 0 unspecified atom stereocenters. The monoisotopic (exact) mass is 226 g/mol. The highest BCUT2D eigenvalue weighted by Gasteiger charge is 2.17. The van der Waals surface area contributed by atoms with Gasteiger partial charge in [0.05, 0.1) is 5.69 Å². The first-order chi connectivity index (χ1) is 6.66. The molecule has 1 N–H and O–H groups in total. The van der Waals surface area contributed by atoms with Crippen LogP contribution in [0.5, 0.6) is 0 Å². The van der Waals surface area contributed by atoms with Crippen LogP contribution in [-0.4, -0.2) is 29.5 Å². The molecule has 1 atom stereocenters. The Labute approximate surface area is 93.3 Å². The van der Waals surface area contributed by atoms with E-state index in [1.54, 1.807) is 11.3 Å². The first kappa shape index (κ1) is 10.1. The Morgan fingerprint density at radius 1 is 1.64 bits per heavy atom. The summed E-state index contributed by atoms with van der Waals surface area (Å²) in [5.41, 5.74) is 2.61. The zero-order valence-electron chi connectivity index (χ0n) is 8.41. The van der Waals surface area contributed by atoms with Crippen LogP contribution in [-0.2, 0) is 0 Å². The standard InChI is InChI=1S/C10H14N2S2/c1-7-5-8(3-4-12(7)2)9-6-14-10(13)11-9/h3,6-7H,4-5H2,1-2H3,(H,11,13)/t7-/m0/s1. The van der Waals surface area contributed by atoms with Crippen molar-refractivity contribution in [2.45, 2.75) is 19.4 Å². The van der Waals surface area contributed by atoms with Crippen LogP contribution in [0.3, 0.4) is 0 Å². The van der Waals surface area contributed by atoms with Gasteiger partial charge in [-0.05, 0) is 38.2 Å². The highest BCUT2D eigenvalue weighted by Crippen LogP contribution is 2.25. The molecule has 0 saturated heterocycles. The lowest BCUT2D eigenvalue weighted by Gasteiger charge is -2.28. The van der Waals surface area contributed by atoms with E-state index in [1.807, 2.05) is 0 Å². The summed E-state index contributed by atoms with van der Waals surface area (Å²) >= 11 is 6.69. The number of hydrogen-bond acceptors (Lipinski definition) is 3. The van der Waals surface area contributed by atoms with E-state index in [0.29, 0.717) is 6.04 Å². The molecule has 0 radical (unpaired) electrons. The Kier molecular flexibility index (Phi) is 2.85. The predicted molar refractivity (Wildman–Crippen MR) is 64.2 cm³/mol. The fourth-order valence-corrected chi connectivity index (χ4v) is 2.51. The van der Waals surface area contributed by atoms with Gasteiger partial charge in [0.2, 0.25) is 0 Å². The van der Waals surface area contributed by atoms with Crippen LogP contribution in [0, 0.1) is 3.95 Å². The molecule has 0 aliphatic carbocycles. The molecule has 76 valence electrons. The molecule has 0 bridgehead atoms. The van der Waals surface area contributed by atoms with Crippen molar-refractivity contribution in [3.8, 4) is 0 Å². The third kappa shape index (κ3) is 1.97. The summed E-state index contributed by atoms with van der Waals surface area (Å²) in [6, 6.07) is 0.622. The number of thiazole rings is 1. The van der Waals surface area contributed by atoms with E-state index in [1.165, 1.54) is 11.3 Å². The van der Waals surface area contributed by atoms with Gasteiger partial charge in [0, 0.05) is 18.0 Å². The Bertz CT molecular complexity index is 402.